The summed E-state index contributed by atoms with van der Waals surface area (Å²) >= 11 is 0. The van der Waals surface area contributed by atoms with Crippen LogP contribution in [0.1, 0.15) is 39.5 Å². The lowest BCUT2D eigenvalue weighted by Gasteiger charge is -2.36. The van der Waals surface area contributed by atoms with Crippen LogP contribution >= 0.6 is 0 Å². The van der Waals surface area contributed by atoms with Gasteiger partial charge in [0.2, 0.25) is 0 Å². The van der Waals surface area contributed by atoms with Crippen LogP contribution in [0.15, 0.2) is 23.3 Å². The Hall–Kier alpha value is -0.850. The summed E-state index contributed by atoms with van der Waals surface area (Å²) in [5.74, 6) is 0.217. The van der Waals surface area contributed by atoms with Gasteiger partial charge in [0.15, 0.2) is 5.78 Å². The fraction of sp³-hybridized carbons (Fsp3) is 0.583. The molecule has 0 N–H and O–H groups in total. The third-order valence-corrected chi connectivity index (χ3v) is 3.35. The van der Waals surface area contributed by atoms with Gasteiger partial charge >= 0.3 is 0 Å². The van der Waals surface area contributed by atoms with E-state index < -0.39 is 0 Å². The van der Waals surface area contributed by atoms with Gasteiger partial charge in [-0.05, 0) is 37.8 Å². The van der Waals surface area contributed by atoms with Crippen molar-refractivity contribution in [3.63, 3.8) is 0 Å². The second-order valence-electron chi connectivity index (χ2n) is 4.49. The van der Waals surface area contributed by atoms with Gasteiger partial charge < -0.3 is 0 Å². The smallest absolute Gasteiger partial charge is 0.181 e. The van der Waals surface area contributed by atoms with Crippen molar-refractivity contribution in [2.45, 2.75) is 39.5 Å². The summed E-state index contributed by atoms with van der Waals surface area (Å²) in [7, 11) is 0. The van der Waals surface area contributed by atoms with E-state index in [-0.39, 0.29) is 11.2 Å². The molecule has 0 aliphatic heterocycles. The van der Waals surface area contributed by atoms with E-state index in [1.807, 2.05) is 13.0 Å². The van der Waals surface area contributed by atoms with Crippen LogP contribution in [0.2, 0.25) is 0 Å². The van der Waals surface area contributed by atoms with Crippen LogP contribution in [0.3, 0.4) is 0 Å². The SMILES string of the molecule is CC1=CC2(C)CCCCC2=CC1=O. The van der Waals surface area contributed by atoms with Crippen molar-refractivity contribution in [1.82, 2.24) is 0 Å². The minimum Gasteiger partial charge on any atom is -0.290 e. The summed E-state index contributed by atoms with van der Waals surface area (Å²) in [6, 6.07) is 0. The molecule has 1 nitrogen and oxygen atoms in total. The summed E-state index contributed by atoms with van der Waals surface area (Å²) in [5, 5.41) is 0. The van der Waals surface area contributed by atoms with Gasteiger partial charge in [-0.1, -0.05) is 25.0 Å². The van der Waals surface area contributed by atoms with Gasteiger partial charge in [-0.2, -0.15) is 0 Å². The van der Waals surface area contributed by atoms with Crippen LogP contribution < -0.4 is 0 Å². The summed E-state index contributed by atoms with van der Waals surface area (Å²) in [5.41, 5.74) is 2.48. The van der Waals surface area contributed by atoms with Gasteiger partial charge in [0, 0.05) is 5.41 Å². The molecule has 0 radical (unpaired) electrons. The maximum Gasteiger partial charge on any atom is 0.181 e. The highest BCUT2D eigenvalue weighted by Crippen LogP contribution is 2.44. The molecule has 0 saturated heterocycles. The number of rotatable bonds is 0. The molecule has 13 heavy (non-hydrogen) atoms. The van der Waals surface area contributed by atoms with Crippen molar-refractivity contribution < 1.29 is 4.79 Å². The van der Waals surface area contributed by atoms with Gasteiger partial charge in [0.05, 0.1) is 0 Å². The maximum absolute atomic E-state index is 11.4. The molecule has 2 aliphatic rings. The Bertz CT molecular complexity index is 309. The fourth-order valence-electron chi connectivity index (χ4n) is 2.48. The zero-order valence-electron chi connectivity index (χ0n) is 8.39. The molecule has 1 unspecified atom stereocenters. The number of fused-ring (bicyclic) bond motifs is 1. The van der Waals surface area contributed by atoms with Crippen LogP contribution in [0.5, 0.6) is 0 Å². The van der Waals surface area contributed by atoms with Gasteiger partial charge in [-0.3, -0.25) is 4.79 Å². The van der Waals surface area contributed by atoms with Crippen LogP contribution in [0.4, 0.5) is 0 Å². The van der Waals surface area contributed by atoms with E-state index in [9.17, 15) is 4.79 Å². The van der Waals surface area contributed by atoms with E-state index in [4.69, 9.17) is 0 Å². The molecule has 0 aromatic rings. The first-order chi connectivity index (χ1) is 6.12. The number of carbonyl (C=O) groups excluding carboxylic acids is 1. The summed E-state index contributed by atoms with van der Waals surface area (Å²) < 4.78 is 0. The maximum atomic E-state index is 11.4. The molecule has 70 valence electrons. The third-order valence-electron chi connectivity index (χ3n) is 3.35. The van der Waals surface area contributed by atoms with E-state index in [0.717, 1.165) is 12.0 Å². The van der Waals surface area contributed by atoms with E-state index in [1.165, 1.54) is 24.8 Å². The highest BCUT2D eigenvalue weighted by Gasteiger charge is 2.33. The Morgan fingerprint density at radius 1 is 1.38 bits per heavy atom. The average molecular weight is 176 g/mol. The Kier molecular flexibility index (Phi) is 1.90. The van der Waals surface area contributed by atoms with Crippen molar-refractivity contribution >= 4 is 5.78 Å². The second-order valence-corrected chi connectivity index (χ2v) is 4.49. The largest absolute Gasteiger partial charge is 0.290 e. The van der Waals surface area contributed by atoms with E-state index in [0.29, 0.717) is 0 Å². The first kappa shape index (κ1) is 8.74. The van der Waals surface area contributed by atoms with Crippen LogP contribution in [-0.4, -0.2) is 5.78 Å². The predicted molar refractivity (Wildman–Crippen MR) is 53.4 cm³/mol. The zero-order chi connectivity index (χ0) is 9.47. The predicted octanol–water partition coefficient (Wildman–Crippen LogP) is 3.02. The molecule has 0 aromatic carbocycles. The first-order valence-electron chi connectivity index (χ1n) is 5.07. The first-order valence-corrected chi connectivity index (χ1v) is 5.07. The number of hydrogen-bond donors (Lipinski definition) is 0. The lowest BCUT2D eigenvalue weighted by atomic mass is 9.68. The molecule has 1 heteroatoms. The van der Waals surface area contributed by atoms with Gasteiger partial charge in [0.25, 0.3) is 0 Å². The zero-order valence-corrected chi connectivity index (χ0v) is 8.39. The number of allylic oxidation sites excluding steroid dienone is 4. The highest BCUT2D eigenvalue weighted by atomic mass is 16.1. The van der Waals surface area contributed by atoms with E-state index in [2.05, 4.69) is 13.0 Å². The van der Waals surface area contributed by atoms with Gasteiger partial charge in [0.1, 0.15) is 0 Å². The van der Waals surface area contributed by atoms with E-state index in [1.54, 1.807) is 0 Å². The fourth-order valence-corrected chi connectivity index (χ4v) is 2.48. The Morgan fingerprint density at radius 2 is 2.15 bits per heavy atom. The molecule has 1 atom stereocenters. The number of ketones is 1. The molecule has 2 rings (SSSR count). The topological polar surface area (TPSA) is 17.1 Å². The quantitative estimate of drug-likeness (QED) is 0.554. The molecule has 0 bridgehead atoms. The normalized spacial score (nSPS) is 33.5. The average Bonchev–Trinajstić information content (AvgIpc) is 2.07. The number of carbonyl (C=O) groups is 1. The van der Waals surface area contributed by atoms with Crippen LogP contribution in [-0.2, 0) is 4.79 Å². The minimum absolute atomic E-state index is 0.205. The third kappa shape index (κ3) is 1.37. The molecular formula is C12H16O. The Balaban J connectivity index is 2.39. The number of hydrogen-bond acceptors (Lipinski definition) is 1. The summed E-state index contributed by atoms with van der Waals surface area (Å²) in [6.45, 7) is 4.18. The summed E-state index contributed by atoms with van der Waals surface area (Å²) in [6.07, 6.45) is 8.92. The van der Waals surface area contributed by atoms with Crippen LogP contribution in [0, 0.1) is 5.41 Å². The lowest BCUT2D eigenvalue weighted by Crippen LogP contribution is -2.25. The molecule has 0 heterocycles. The Morgan fingerprint density at radius 3 is 2.92 bits per heavy atom. The standard InChI is InChI=1S/C12H16O/c1-9-8-12(2)6-4-3-5-10(12)7-11(9)13/h7-8H,3-6H2,1-2H3. The van der Waals surface area contributed by atoms with Crippen molar-refractivity contribution in [1.29, 1.82) is 0 Å². The van der Waals surface area contributed by atoms with E-state index >= 15 is 0 Å². The molecule has 1 fully saturated rings. The molecule has 0 aromatic heterocycles. The van der Waals surface area contributed by atoms with Crippen molar-refractivity contribution in [3.8, 4) is 0 Å². The monoisotopic (exact) mass is 176 g/mol. The lowest BCUT2D eigenvalue weighted by molar-refractivity contribution is -0.111. The highest BCUT2D eigenvalue weighted by molar-refractivity contribution is 6.05. The molecular weight excluding hydrogens is 160 g/mol. The summed E-state index contributed by atoms with van der Waals surface area (Å²) in [4.78, 5) is 11.4. The molecule has 0 spiro atoms. The van der Waals surface area contributed by atoms with Crippen molar-refractivity contribution in [2.24, 2.45) is 5.41 Å². The van der Waals surface area contributed by atoms with Crippen molar-refractivity contribution in [2.75, 3.05) is 0 Å². The van der Waals surface area contributed by atoms with Crippen LogP contribution in [0.25, 0.3) is 0 Å². The minimum atomic E-state index is 0.205. The molecule has 1 saturated carbocycles. The second kappa shape index (κ2) is 2.83. The van der Waals surface area contributed by atoms with Gasteiger partial charge in [-0.15, -0.1) is 0 Å². The Labute approximate surface area is 79.5 Å². The van der Waals surface area contributed by atoms with Gasteiger partial charge in [-0.25, -0.2) is 0 Å². The molecule has 2 aliphatic carbocycles. The molecule has 0 amide bonds. The van der Waals surface area contributed by atoms with Crippen molar-refractivity contribution in [3.05, 3.63) is 23.3 Å².